The quantitative estimate of drug-likeness (QED) is 0.856. The molecule has 0 fully saturated rings. The summed E-state index contributed by atoms with van der Waals surface area (Å²) in [5, 5.41) is 2.78. The Labute approximate surface area is 128 Å². The molecular formula is C13H20BrClN2O2. The van der Waals surface area contributed by atoms with Crippen molar-refractivity contribution in [2.24, 2.45) is 11.7 Å². The van der Waals surface area contributed by atoms with E-state index in [9.17, 15) is 4.79 Å². The van der Waals surface area contributed by atoms with Gasteiger partial charge in [-0.25, -0.2) is 0 Å². The Morgan fingerprint density at radius 3 is 2.63 bits per heavy atom. The van der Waals surface area contributed by atoms with Crippen LogP contribution in [-0.2, 0) is 4.79 Å². The molecule has 0 heterocycles. The number of hydrogen-bond donors (Lipinski definition) is 2. The van der Waals surface area contributed by atoms with E-state index in [-0.39, 0.29) is 18.3 Å². The monoisotopic (exact) mass is 350 g/mol. The largest absolute Gasteiger partial charge is 0.495 e. The molecular weight excluding hydrogens is 332 g/mol. The van der Waals surface area contributed by atoms with Gasteiger partial charge in [-0.3, -0.25) is 4.79 Å². The first-order valence-electron chi connectivity index (χ1n) is 5.84. The molecule has 0 spiro atoms. The van der Waals surface area contributed by atoms with Crippen LogP contribution in [0.1, 0.15) is 20.3 Å². The Kier molecular flexibility index (Phi) is 8.06. The highest BCUT2D eigenvalue weighted by atomic mass is 79.9. The SMILES string of the molecule is COc1cc(NC(=O)[C@@H](N)CC(C)C)ccc1Br.Cl. The van der Waals surface area contributed by atoms with Crippen molar-refractivity contribution >= 4 is 39.9 Å². The van der Waals surface area contributed by atoms with E-state index in [0.717, 1.165) is 4.47 Å². The van der Waals surface area contributed by atoms with Crippen LogP contribution in [0.4, 0.5) is 5.69 Å². The fourth-order valence-electron chi connectivity index (χ4n) is 1.59. The first-order chi connectivity index (χ1) is 8.43. The topological polar surface area (TPSA) is 64.3 Å². The first kappa shape index (κ1) is 18.2. The summed E-state index contributed by atoms with van der Waals surface area (Å²) < 4.78 is 6.00. The molecule has 0 aliphatic rings. The zero-order chi connectivity index (χ0) is 13.7. The maximum atomic E-state index is 11.8. The number of hydrogen-bond acceptors (Lipinski definition) is 3. The minimum absolute atomic E-state index is 0. The number of carbonyl (C=O) groups excluding carboxylic acids is 1. The van der Waals surface area contributed by atoms with Crippen LogP contribution >= 0.6 is 28.3 Å². The molecule has 1 aromatic carbocycles. The van der Waals surface area contributed by atoms with E-state index in [1.807, 2.05) is 19.9 Å². The van der Waals surface area contributed by atoms with Gasteiger partial charge in [0.05, 0.1) is 17.6 Å². The summed E-state index contributed by atoms with van der Waals surface area (Å²) in [7, 11) is 1.58. The number of nitrogens with one attached hydrogen (secondary N) is 1. The van der Waals surface area contributed by atoms with Gasteiger partial charge in [0.25, 0.3) is 0 Å². The average molecular weight is 352 g/mol. The summed E-state index contributed by atoms with van der Waals surface area (Å²) in [5.41, 5.74) is 6.49. The van der Waals surface area contributed by atoms with Crippen LogP contribution < -0.4 is 15.8 Å². The van der Waals surface area contributed by atoms with Crippen molar-refractivity contribution < 1.29 is 9.53 Å². The maximum Gasteiger partial charge on any atom is 0.241 e. The number of nitrogens with two attached hydrogens (primary N) is 1. The molecule has 0 unspecified atom stereocenters. The summed E-state index contributed by atoms with van der Waals surface area (Å²) in [5.74, 6) is 0.892. The van der Waals surface area contributed by atoms with Gasteiger partial charge in [0.2, 0.25) is 5.91 Å². The van der Waals surface area contributed by atoms with E-state index in [2.05, 4.69) is 21.2 Å². The second kappa shape index (κ2) is 8.40. The summed E-state index contributed by atoms with van der Waals surface area (Å²) >= 11 is 3.36. The van der Waals surface area contributed by atoms with Crippen LogP contribution in [0.2, 0.25) is 0 Å². The number of benzene rings is 1. The molecule has 108 valence electrons. The van der Waals surface area contributed by atoms with Gasteiger partial charge in [0, 0.05) is 11.8 Å². The number of ether oxygens (including phenoxy) is 1. The van der Waals surface area contributed by atoms with Crippen molar-refractivity contribution in [1.82, 2.24) is 0 Å². The van der Waals surface area contributed by atoms with Gasteiger partial charge in [-0.15, -0.1) is 12.4 Å². The third kappa shape index (κ3) is 5.80. The average Bonchev–Trinajstić information content (AvgIpc) is 2.30. The van der Waals surface area contributed by atoms with Gasteiger partial charge in [-0.05, 0) is 40.4 Å². The molecule has 0 aliphatic carbocycles. The summed E-state index contributed by atoms with van der Waals surface area (Å²) in [4.78, 5) is 11.8. The molecule has 1 aromatic rings. The van der Waals surface area contributed by atoms with E-state index in [0.29, 0.717) is 23.8 Å². The second-order valence-electron chi connectivity index (χ2n) is 4.57. The molecule has 1 rings (SSSR count). The summed E-state index contributed by atoms with van der Waals surface area (Å²) in [6, 6.07) is 4.89. The third-order valence-corrected chi connectivity index (χ3v) is 3.14. The predicted octanol–water partition coefficient (Wildman–Crippen LogP) is 3.19. The molecule has 19 heavy (non-hydrogen) atoms. The minimum Gasteiger partial charge on any atom is -0.495 e. The lowest BCUT2D eigenvalue weighted by Gasteiger charge is -2.14. The molecule has 0 saturated heterocycles. The smallest absolute Gasteiger partial charge is 0.241 e. The van der Waals surface area contributed by atoms with Crippen LogP contribution in [0.15, 0.2) is 22.7 Å². The number of rotatable bonds is 5. The fourth-order valence-corrected chi connectivity index (χ4v) is 2.00. The molecule has 4 nitrogen and oxygen atoms in total. The van der Waals surface area contributed by atoms with E-state index >= 15 is 0 Å². The van der Waals surface area contributed by atoms with Crippen molar-refractivity contribution in [1.29, 1.82) is 0 Å². The molecule has 0 radical (unpaired) electrons. The number of halogens is 2. The number of anilines is 1. The van der Waals surface area contributed by atoms with Crippen molar-refractivity contribution in [3.8, 4) is 5.75 Å². The van der Waals surface area contributed by atoms with E-state index in [1.54, 1.807) is 19.2 Å². The van der Waals surface area contributed by atoms with Crippen LogP contribution in [0.3, 0.4) is 0 Å². The maximum absolute atomic E-state index is 11.8. The van der Waals surface area contributed by atoms with Gasteiger partial charge >= 0.3 is 0 Å². The molecule has 0 aliphatic heterocycles. The Morgan fingerprint density at radius 2 is 2.11 bits per heavy atom. The van der Waals surface area contributed by atoms with E-state index in [1.165, 1.54) is 0 Å². The van der Waals surface area contributed by atoms with Crippen LogP contribution in [0.5, 0.6) is 5.75 Å². The first-order valence-corrected chi connectivity index (χ1v) is 6.63. The highest BCUT2D eigenvalue weighted by Crippen LogP contribution is 2.27. The third-order valence-electron chi connectivity index (χ3n) is 2.48. The fraction of sp³-hybridized carbons (Fsp3) is 0.462. The molecule has 6 heteroatoms. The van der Waals surface area contributed by atoms with Crippen molar-refractivity contribution in [3.63, 3.8) is 0 Å². The van der Waals surface area contributed by atoms with Gasteiger partial charge in [-0.1, -0.05) is 13.8 Å². The number of methoxy groups -OCH3 is 1. The number of carbonyl (C=O) groups is 1. The highest BCUT2D eigenvalue weighted by molar-refractivity contribution is 9.10. The van der Waals surface area contributed by atoms with Gasteiger partial charge in [0.1, 0.15) is 5.75 Å². The highest BCUT2D eigenvalue weighted by Gasteiger charge is 2.15. The molecule has 0 saturated carbocycles. The normalized spacial score (nSPS) is 11.7. The minimum atomic E-state index is -0.486. The zero-order valence-corrected chi connectivity index (χ0v) is 13.7. The Hall–Kier alpha value is -0.780. The van der Waals surface area contributed by atoms with Crippen LogP contribution in [-0.4, -0.2) is 19.1 Å². The molecule has 3 N–H and O–H groups in total. The van der Waals surface area contributed by atoms with E-state index < -0.39 is 6.04 Å². The number of amides is 1. The summed E-state index contributed by atoms with van der Waals surface area (Å²) in [6.07, 6.45) is 0.666. The Bertz CT molecular complexity index is 427. The van der Waals surface area contributed by atoms with Crippen LogP contribution in [0, 0.1) is 5.92 Å². The predicted molar refractivity (Wildman–Crippen MR) is 84.0 cm³/mol. The van der Waals surface area contributed by atoms with Gasteiger partial charge in [0.15, 0.2) is 0 Å². The lowest BCUT2D eigenvalue weighted by Crippen LogP contribution is -2.36. The molecule has 0 bridgehead atoms. The molecule has 1 atom stereocenters. The van der Waals surface area contributed by atoms with Gasteiger partial charge in [-0.2, -0.15) is 0 Å². The van der Waals surface area contributed by atoms with Crippen LogP contribution in [0.25, 0.3) is 0 Å². The second-order valence-corrected chi connectivity index (χ2v) is 5.43. The Balaban J connectivity index is 0.00000324. The zero-order valence-electron chi connectivity index (χ0n) is 11.3. The van der Waals surface area contributed by atoms with Crippen molar-refractivity contribution in [2.75, 3.05) is 12.4 Å². The van der Waals surface area contributed by atoms with Gasteiger partial charge < -0.3 is 15.8 Å². The lowest BCUT2D eigenvalue weighted by atomic mass is 10.0. The van der Waals surface area contributed by atoms with Crippen molar-refractivity contribution in [3.05, 3.63) is 22.7 Å². The Morgan fingerprint density at radius 1 is 1.47 bits per heavy atom. The van der Waals surface area contributed by atoms with E-state index in [4.69, 9.17) is 10.5 Å². The lowest BCUT2D eigenvalue weighted by molar-refractivity contribution is -0.117. The summed E-state index contributed by atoms with van der Waals surface area (Å²) in [6.45, 7) is 4.07. The standard InChI is InChI=1S/C13H19BrN2O2.ClH/c1-8(2)6-11(15)13(17)16-9-4-5-10(14)12(7-9)18-3;/h4-5,7-8,11H,6,15H2,1-3H3,(H,16,17);1H/t11-;/m0./s1. The van der Waals surface area contributed by atoms with Crippen molar-refractivity contribution in [2.45, 2.75) is 26.3 Å². The molecule has 1 amide bonds. The molecule has 0 aromatic heterocycles.